The van der Waals surface area contributed by atoms with Crippen molar-refractivity contribution in [3.05, 3.63) is 60.8 Å². The zero-order valence-electron chi connectivity index (χ0n) is 11.7. The summed E-state index contributed by atoms with van der Waals surface area (Å²) in [5.41, 5.74) is 0.645. The maximum absolute atomic E-state index is 12.8. The molecule has 3 rings (SSSR count). The van der Waals surface area contributed by atoms with E-state index < -0.39 is 10.0 Å². The van der Waals surface area contributed by atoms with Gasteiger partial charge in [0, 0.05) is 22.2 Å². The van der Waals surface area contributed by atoms with E-state index in [0.717, 1.165) is 10.3 Å². The topological polar surface area (TPSA) is 59.3 Å². The van der Waals surface area contributed by atoms with Crippen LogP contribution in [-0.4, -0.2) is 29.9 Å². The number of hydrogen-bond acceptors (Lipinski definition) is 4. The number of aliphatic hydroxyl groups excluding tert-OH is 1. The normalized spacial score (nSPS) is 11.9. The molecule has 1 aromatic heterocycles. The third kappa shape index (κ3) is 2.65. The first-order chi connectivity index (χ1) is 10.6. The van der Waals surface area contributed by atoms with Gasteiger partial charge in [0.05, 0.1) is 17.0 Å². The van der Waals surface area contributed by atoms with Gasteiger partial charge in [-0.15, -0.1) is 11.8 Å². The van der Waals surface area contributed by atoms with Crippen molar-refractivity contribution in [3.8, 4) is 0 Å². The van der Waals surface area contributed by atoms with Crippen LogP contribution in [0.2, 0.25) is 0 Å². The van der Waals surface area contributed by atoms with Crippen molar-refractivity contribution < 1.29 is 13.5 Å². The largest absolute Gasteiger partial charge is 0.396 e. The number of hydrogen-bond donors (Lipinski definition) is 1. The van der Waals surface area contributed by atoms with Crippen LogP contribution in [-0.2, 0) is 10.0 Å². The van der Waals surface area contributed by atoms with E-state index in [-0.39, 0.29) is 11.5 Å². The Balaban J connectivity index is 2.13. The average molecular weight is 333 g/mol. The Hall–Kier alpha value is -1.76. The third-order valence-corrected chi connectivity index (χ3v) is 6.06. The molecule has 0 unspecified atom stereocenters. The van der Waals surface area contributed by atoms with Gasteiger partial charge < -0.3 is 5.11 Å². The Kier molecular flexibility index (Phi) is 4.24. The predicted octanol–water partition coefficient (Wildman–Crippen LogP) is 2.96. The fraction of sp³-hybridized carbons (Fsp3) is 0.125. The molecule has 0 atom stereocenters. The van der Waals surface area contributed by atoms with Crippen LogP contribution in [0.4, 0.5) is 0 Å². The molecular weight excluding hydrogens is 318 g/mol. The van der Waals surface area contributed by atoms with E-state index in [1.165, 1.54) is 15.7 Å². The van der Waals surface area contributed by atoms with Gasteiger partial charge in [0.15, 0.2) is 0 Å². The van der Waals surface area contributed by atoms with Crippen molar-refractivity contribution in [3.63, 3.8) is 0 Å². The van der Waals surface area contributed by atoms with Crippen LogP contribution in [0.5, 0.6) is 0 Å². The summed E-state index contributed by atoms with van der Waals surface area (Å²) in [5.74, 6) is 0.579. The van der Waals surface area contributed by atoms with Gasteiger partial charge in [0.25, 0.3) is 10.0 Å². The van der Waals surface area contributed by atoms with Gasteiger partial charge in [0.2, 0.25) is 0 Å². The first kappa shape index (κ1) is 15.1. The molecule has 3 aromatic rings. The fourth-order valence-electron chi connectivity index (χ4n) is 2.31. The minimum Gasteiger partial charge on any atom is -0.396 e. The highest BCUT2D eigenvalue weighted by atomic mass is 32.2. The summed E-state index contributed by atoms with van der Waals surface area (Å²) in [5, 5.41) is 9.84. The first-order valence-corrected chi connectivity index (χ1v) is 9.21. The predicted molar refractivity (Wildman–Crippen MR) is 88.8 cm³/mol. The van der Waals surface area contributed by atoms with Gasteiger partial charge in [-0.3, -0.25) is 0 Å². The summed E-state index contributed by atoms with van der Waals surface area (Å²) >= 11 is 1.51. The highest BCUT2D eigenvalue weighted by Crippen LogP contribution is 2.30. The van der Waals surface area contributed by atoms with Crippen LogP contribution in [0.1, 0.15) is 0 Å². The molecule has 0 aliphatic carbocycles. The molecule has 4 nitrogen and oxygen atoms in total. The number of nitrogens with zero attached hydrogens (tertiary/aromatic N) is 1. The minimum absolute atomic E-state index is 0.0874. The molecule has 2 aromatic carbocycles. The van der Waals surface area contributed by atoms with Crippen molar-refractivity contribution in [1.29, 1.82) is 0 Å². The van der Waals surface area contributed by atoms with Crippen molar-refractivity contribution in [2.75, 3.05) is 12.4 Å². The Morgan fingerprint density at radius 2 is 1.77 bits per heavy atom. The van der Waals surface area contributed by atoms with Gasteiger partial charge in [-0.1, -0.05) is 24.3 Å². The van der Waals surface area contributed by atoms with Crippen LogP contribution in [0.15, 0.2) is 70.6 Å². The lowest BCUT2D eigenvalue weighted by atomic mass is 10.2. The lowest BCUT2D eigenvalue weighted by Gasteiger charge is -2.08. The molecule has 0 fully saturated rings. The van der Waals surface area contributed by atoms with Crippen molar-refractivity contribution in [1.82, 2.24) is 3.97 Å². The number of benzene rings is 2. The zero-order valence-corrected chi connectivity index (χ0v) is 13.3. The maximum Gasteiger partial charge on any atom is 0.268 e. The van der Waals surface area contributed by atoms with E-state index in [4.69, 9.17) is 5.11 Å². The second-order valence-electron chi connectivity index (χ2n) is 4.69. The zero-order chi connectivity index (χ0) is 15.6. The highest BCUT2D eigenvalue weighted by molar-refractivity contribution is 7.99. The molecule has 1 heterocycles. The highest BCUT2D eigenvalue weighted by Gasteiger charge is 2.19. The van der Waals surface area contributed by atoms with Crippen molar-refractivity contribution in [2.24, 2.45) is 0 Å². The second-order valence-corrected chi connectivity index (χ2v) is 7.64. The number of aromatic nitrogens is 1. The molecule has 6 heteroatoms. The monoisotopic (exact) mass is 333 g/mol. The van der Waals surface area contributed by atoms with Gasteiger partial charge in [-0.25, -0.2) is 12.4 Å². The lowest BCUT2D eigenvalue weighted by Crippen LogP contribution is -2.11. The maximum atomic E-state index is 12.8. The smallest absolute Gasteiger partial charge is 0.268 e. The van der Waals surface area contributed by atoms with Crippen LogP contribution < -0.4 is 0 Å². The standard InChI is InChI=1S/C16H15NO3S2/c18-11-12-21-16-8-4-7-15-14(16)9-10-17(15)22(19,20)13-5-2-1-3-6-13/h1-10,18H,11-12H2. The molecule has 0 amide bonds. The fourth-order valence-corrected chi connectivity index (χ4v) is 4.49. The van der Waals surface area contributed by atoms with E-state index in [2.05, 4.69) is 0 Å². The number of fused-ring (bicyclic) bond motifs is 1. The van der Waals surface area contributed by atoms with Gasteiger partial charge in [-0.2, -0.15) is 0 Å². The molecule has 22 heavy (non-hydrogen) atoms. The second kappa shape index (κ2) is 6.16. The SMILES string of the molecule is O=S(=O)(c1ccccc1)n1ccc2c(SCCO)cccc21. The molecule has 0 saturated carbocycles. The summed E-state index contributed by atoms with van der Waals surface area (Å²) in [6.07, 6.45) is 1.58. The molecule has 0 aliphatic heterocycles. The summed E-state index contributed by atoms with van der Waals surface area (Å²) in [4.78, 5) is 1.23. The van der Waals surface area contributed by atoms with Gasteiger partial charge >= 0.3 is 0 Å². The summed E-state index contributed by atoms with van der Waals surface area (Å²) < 4.78 is 26.8. The number of aliphatic hydroxyl groups is 1. The molecule has 0 spiro atoms. The summed E-state index contributed by atoms with van der Waals surface area (Å²) in [6.45, 7) is 0.0874. The first-order valence-electron chi connectivity index (χ1n) is 6.79. The molecule has 0 radical (unpaired) electrons. The third-order valence-electron chi connectivity index (χ3n) is 3.31. The number of rotatable bonds is 5. The molecule has 0 aliphatic rings. The molecule has 0 bridgehead atoms. The summed E-state index contributed by atoms with van der Waals surface area (Å²) in [6, 6.07) is 15.7. The van der Waals surface area contributed by atoms with E-state index in [1.807, 2.05) is 12.1 Å². The quantitative estimate of drug-likeness (QED) is 0.729. The van der Waals surface area contributed by atoms with Crippen LogP contribution >= 0.6 is 11.8 Å². The molecule has 0 saturated heterocycles. The number of thioether (sulfide) groups is 1. The summed E-state index contributed by atoms with van der Waals surface area (Å²) in [7, 11) is -3.60. The molecular formula is C16H15NO3S2. The lowest BCUT2D eigenvalue weighted by molar-refractivity contribution is 0.322. The Labute approximate surface area is 133 Å². The average Bonchev–Trinajstić information content (AvgIpc) is 2.99. The van der Waals surface area contributed by atoms with Crippen LogP contribution in [0.25, 0.3) is 10.9 Å². The minimum atomic E-state index is -3.60. The van der Waals surface area contributed by atoms with E-state index in [9.17, 15) is 8.42 Å². The van der Waals surface area contributed by atoms with E-state index in [0.29, 0.717) is 11.3 Å². The molecule has 1 N–H and O–H groups in total. The van der Waals surface area contributed by atoms with Crippen LogP contribution in [0.3, 0.4) is 0 Å². The Morgan fingerprint density at radius 1 is 1.00 bits per heavy atom. The Bertz CT molecular complexity index is 886. The van der Waals surface area contributed by atoms with E-state index in [1.54, 1.807) is 48.7 Å². The van der Waals surface area contributed by atoms with E-state index >= 15 is 0 Å². The van der Waals surface area contributed by atoms with Crippen LogP contribution in [0, 0.1) is 0 Å². The van der Waals surface area contributed by atoms with Gasteiger partial charge in [0.1, 0.15) is 0 Å². The Morgan fingerprint density at radius 3 is 2.50 bits per heavy atom. The van der Waals surface area contributed by atoms with Gasteiger partial charge in [-0.05, 0) is 30.3 Å². The van der Waals surface area contributed by atoms with Crippen molar-refractivity contribution >= 4 is 32.7 Å². The molecule has 114 valence electrons. The van der Waals surface area contributed by atoms with Crippen molar-refractivity contribution in [2.45, 2.75) is 9.79 Å².